The van der Waals surface area contributed by atoms with E-state index in [1.54, 1.807) is 0 Å². The first-order chi connectivity index (χ1) is 7.79. The molecule has 0 saturated heterocycles. The fraction of sp³-hybridized carbons (Fsp3) is 0.0667. The normalized spacial score (nSPS) is 10.4. The van der Waals surface area contributed by atoms with Gasteiger partial charge in [0.05, 0.1) is 5.02 Å². The molecule has 17 heavy (non-hydrogen) atoms. The van der Waals surface area contributed by atoms with Gasteiger partial charge in [0.25, 0.3) is 0 Å². The Labute approximate surface area is 105 Å². The Morgan fingerprint density at radius 2 is 1.06 bits per heavy atom. The zero-order chi connectivity index (χ0) is 11.1. The number of rotatable bonds is 0. The highest BCUT2D eigenvalue weighted by Gasteiger charge is 2.10. The predicted molar refractivity (Wildman–Crippen MR) is 74.9 cm³/mol. The van der Waals surface area contributed by atoms with E-state index in [4.69, 9.17) is 11.6 Å². The molecule has 3 aromatic carbocycles. The van der Waals surface area contributed by atoms with Crippen LogP contribution in [0.15, 0.2) is 48.5 Å². The van der Waals surface area contributed by atoms with Crippen LogP contribution in [0.3, 0.4) is 0 Å². The number of halogens is 1. The number of fused-ring (bicyclic) bond motifs is 2. The number of hydrogen-bond acceptors (Lipinski definition) is 1. The van der Waals surface area contributed by atoms with Gasteiger partial charge in [-0.1, -0.05) is 67.6 Å². The molecule has 2 heteroatoms. The van der Waals surface area contributed by atoms with Crippen LogP contribution < -0.4 is 0 Å². The van der Waals surface area contributed by atoms with Crippen LogP contribution >= 0.6 is 11.6 Å². The quantitative estimate of drug-likeness (QED) is 0.553. The molecule has 1 nitrogen and oxygen atoms in total. The highest BCUT2D eigenvalue weighted by atomic mass is 35.5. The third kappa shape index (κ3) is 1.63. The molecule has 0 atom stereocenters. The van der Waals surface area contributed by atoms with E-state index in [0.717, 1.165) is 21.5 Å². The molecule has 86 valence electrons. The molecule has 1 N–H and O–H groups in total. The van der Waals surface area contributed by atoms with Gasteiger partial charge in [-0.15, -0.1) is 0 Å². The van der Waals surface area contributed by atoms with Crippen molar-refractivity contribution >= 4 is 33.1 Å². The summed E-state index contributed by atoms with van der Waals surface area (Å²) in [5.41, 5.74) is 0. The summed E-state index contributed by atoms with van der Waals surface area (Å²) in [5, 5.41) is 14.2. The zero-order valence-corrected chi connectivity index (χ0v) is 9.20. The molecule has 3 aromatic rings. The Kier molecular flexibility index (Phi) is 2.95. The molecule has 0 saturated carbocycles. The maximum atomic E-state index is 10.2. The lowest BCUT2D eigenvalue weighted by molar-refractivity contribution is 0.488. The molecule has 0 aliphatic heterocycles. The molecule has 0 fully saturated rings. The van der Waals surface area contributed by atoms with Crippen LogP contribution in [0.2, 0.25) is 5.02 Å². The standard InChI is InChI=1S/C14H9ClO.CH4/c15-13-9-5-1-3-7-11(9)14(16)12-8-4-2-6-10(12)13;/h1-8,16H;1H4. The maximum absolute atomic E-state index is 10.2. The summed E-state index contributed by atoms with van der Waals surface area (Å²) >= 11 is 6.34. The Bertz CT molecular complexity index is 572. The lowest BCUT2D eigenvalue weighted by atomic mass is 10.0. The summed E-state index contributed by atoms with van der Waals surface area (Å²) in [7, 11) is 0. The molecule has 0 aliphatic carbocycles. The molecule has 0 spiro atoms. The first-order valence-corrected chi connectivity index (χ1v) is 5.45. The van der Waals surface area contributed by atoms with Crippen LogP contribution in [0.25, 0.3) is 21.5 Å². The average molecular weight is 245 g/mol. The van der Waals surface area contributed by atoms with Crippen LogP contribution in [-0.4, -0.2) is 5.11 Å². The van der Waals surface area contributed by atoms with E-state index in [9.17, 15) is 5.11 Å². The lowest BCUT2D eigenvalue weighted by Crippen LogP contribution is -1.80. The first kappa shape index (κ1) is 11.7. The summed E-state index contributed by atoms with van der Waals surface area (Å²) in [6.45, 7) is 0. The summed E-state index contributed by atoms with van der Waals surface area (Å²) < 4.78 is 0. The third-order valence-electron chi connectivity index (χ3n) is 2.84. The Balaban J connectivity index is 0.00000108. The fourth-order valence-electron chi connectivity index (χ4n) is 2.05. The van der Waals surface area contributed by atoms with Crippen molar-refractivity contribution in [3.8, 4) is 5.75 Å². The second kappa shape index (κ2) is 4.27. The first-order valence-electron chi connectivity index (χ1n) is 5.07. The van der Waals surface area contributed by atoms with Gasteiger partial charge in [-0.2, -0.15) is 0 Å². The summed E-state index contributed by atoms with van der Waals surface area (Å²) in [6.07, 6.45) is 0. The average Bonchev–Trinajstić information content (AvgIpc) is 2.36. The largest absolute Gasteiger partial charge is 0.507 e. The predicted octanol–water partition coefficient (Wildman–Crippen LogP) is 4.99. The number of hydrogen-bond donors (Lipinski definition) is 1. The molecule has 0 bridgehead atoms. The number of phenolic OH excluding ortho intramolecular Hbond substituents is 1. The highest BCUT2D eigenvalue weighted by Crippen LogP contribution is 2.39. The van der Waals surface area contributed by atoms with Crippen molar-refractivity contribution in [3.63, 3.8) is 0 Å². The molecule has 0 heterocycles. The number of benzene rings is 3. The van der Waals surface area contributed by atoms with Crippen molar-refractivity contribution in [3.05, 3.63) is 53.6 Å². The number of aromatic hydroxyl groups is 1. The molecule has 0 radical (unpaired) electrons. The molecular formula is C15H13ClO. The van der Waals surface area contributed by atoms with Gasteiger partial charge >= 0.3 is 0 Å². The summed E-state index contributed by atoms with van der Waals surface area (Å²) in [4.78, 5) is 0. The fourth-order valence-corrected chi connectivity index (χ4v) is 2.38. The molecule has 3 rings (SSSR count). The molecular weight excluding hydrogens is 232 g/mol. The van der Waals surface area contributed by atoms with Gasteiger partial charge < -0.3 is 5.11 Å². The van der Waals surface area contributed by atoms with Crippen LogP contribution in [-0.2, 0) is 0 Å². The van der Waals surface area contributed by atoms with E-state index in [2.05, 4.69) is 0 Å². The second-order valence-corrected chi connectivity index (χ2v) is 4.13. The topological polar surface area (TPSA) is 20.2 Å². The molecule has 0 aliphatic rings. The highest BCUT2D eigenvalue weighted by molar-refractivity contribution is 6.41. The van der Waals surface area contributed by atoms with E-state index >= 15 is 0 Å². The Morgan fingerprint density at radius 1 is 0.706 bits per heavy atom. The van der Waals surface area contributed by atoms with E-state index < -0.39 is 0 Å². The van der Waals surface area contributed by atoms with E-state index in [0.29, 0.717) is 10.8 Å². The van der Waals surface area contributed by atoms with Crippen molar-refractivity contribution in [1.82, 2.24) is 0 Å². The number of phenols is 1. The zero-order valence-electron chi connectivity index (χ0n) is 8.44. The van der Waals surface area contributed by atoms with Crippen molar-refractivity contribution in [2.24, 2.45) is 0 Å². The van der Waals surface area contributed by atoms with Crippen LogP contribution in [0.4, 0.5) is 0 Å². The van der Waals surface area contributed by atoms with Gasteiger partial charge in [0.15, 0.2) is 0 Å². The van der Waals surface area contributed by atoms with Crippen LogP contribution in [0.5, 0.6) is 5.75 Å². The third-order valence-corrected chi connectivity index (χ3v) is 3.24. The van der Waals surface area contributed by atoms with Gasteiger partial charge in [-0.3, -0.25) is 0 Å². The van der Waals surface area contributed by atoms with Crippen molar-refractivity contribution in [1.29, 1.82) is 0 Å². The van der Waals surface area contributed by atoms with Gasteiger partial charge in [0.2, 0.25) is 0 Å². The summed E-state index contributed by atoms with van der Waals surface area (Å²) in [6, 6.07) is 15.2. The van der Waals surface area contributed by atoms with E-state index in [1.807, 2.05) is 48.5 Å². The molecule has 0 amide bonds. The van der Waals surface area contributed by atoms with Crippen LogP contribution in [0.1, 0.15) is 7.43 Å². The van der Waals surface area contributed by atoms with Gasteiger partial charge in [-0.05, 0) is 0 Å². The van der Waals surface area contributed by atoms with Gasteiger partial charge in [-0.25, -0.2) is 0 Å². The van der Waals surface area contributed by atoms with Crippen molar-refractivity contribution in [2.45, 2.75) is 7.43 Å². The maximum Gasteiger partial charge on any atom is 0.131 e. The molecule has 0 aromatic heterocycles. The second-order valence-electron chi connectivity index (χ2n) is 3.75. The monoisotopic (exact) mass is 244 g/mol. The smallest absolute Gasteiger partial charge is 0.131 e. The minimum atomic E-state index is 0. The van der Waals surface area contributed by atoms with Crippen molar-refractivity contribution in [2.75, 3.05) is 0 Å². The van der Waals surface area contributed by atoms with Gasteiger partial charge in [0.1, 0.15) is 5.75 Å². The minimum Gasteiger partial charge on any atom is -0.507 e. The lowest BCUT2D eigenvalue weighted by Gasteiger charge is -2.08. The van der Waals surface area contributed by atoms with E-state index in [1.165, 1.54) is 0 Å². The van der Waals surface area contributed by atoms with Gasteiger partial charge in [0, 0.05) is 21.5 Å². The minimum absolute atomic E-state index is 0. The SMILES string of the molecule is C.Oc1c2ccccc2c(Cl)c2ccccc12. The Morgan fingerprint density at radius 3 is 1.47 bits per heavy atom. The van der Waals surface area contributed by atoms with Crippen LogP contribution in [0, 0.1) is 0 Å². The van der Waals surface area contributed by atoms with Crippen molar-refractivity contribution < 1.29 is 5.11 Å². The summed E-state index contributed by atoms with van der Waals surface area (Å²) in [5.74, 6) is 0.301. The van der Waals surface area contributed by atoms with E-state index in [-0.39, 0.29) is 7.43 Å². The molecule has 0 unspecified atom stereocenters. The Hall–Kier alpha value is -1.73.